The van der Waals surface area contributed by atoms with Gasteiger partial charge in [-0.1, -0.05) is 24.3 Å². The summed E-state index contributed by atoms with van der Waals surface area (Å²) in [6, 6.07) is 0.793. The van der Waals surface area contributed by atoms with Crippen LogP contribution in [0.3, 0.4) is 0 Å². The van der Waals surface area contributed by atoms with Crippen LogP contribution in [0.1, 0.15) is 19.8 Å². The molecule has 15 heavy (non-hydrogen) atoms. The van der Waals surface area contributed by atoms with E-state index in [4.69, 9.17) is 0 Å². The molecule has 82 valence electrons. The fourth-order valence-electron chi connectivity index (χ4n) is 1.98. The van der Waals surface area contributed by atoms with Gasteiger partial charge in [-0.2, -0.15) is 0 Å². The Morgan fingerprint density at radius 3 is 3.13 bits per heavy atom. The molecule has 0 amide bonds. The van der Waals surface area contributed by atoms with Crippen molar-refractivity contribution in [1.29, 1.82) is 0 Å². The number of amidine groups is 1. The molecule has 0 saturated carbocycles. The van der Waals surface area contributed by atoms with Gasteiger partial charge in [0.25, 0.3) is 0 Å². The monoisotopic (exact) mass is 205 g/mol. The van der Waals surface area contributed by atoms with Crippen LogP contribution >= 0.6 is 0 Å². The molecule has 0 bridgehead atoms. The van der Waals surface area contributed by atoms with Gasteiger partial charge in [-0.3, -0.25) is 4.99 Å². The molecule has 0 aromatic carbocycles. The summed E-state index contributed by atoms with van der Waals surface area (Å²) in [5.74, 6) is 1.12. The van der Waals surface area contributed by atoms with Gasteiger partial charge in [0.2, 0.25) is 0 Å². The van der Waals surface area contributed by atoms with Crippen LogP contribution < -0.4 is 10.6 Å². The minimum Gasteiger partial charge on any atom is -0.367 e. The maximum Gasteiger partial charge on any atom is 0.114 e. The second kappa shape index (κ2) is 5.12. The maximum absolute atomic E-state index is 4.59. The average Bonchev–Trinajstić information content (AvgIpc) is 2.74. The van der Waals surface area contributed by atoms with E-state index < -0.39 is 0 Å². The van der Waals surface area contributed by atoms with Gasteiger partial charge in [0, 0.05) is 6.04 Å². The highest BCUT2D eigenvalue weighted by Gasteiger charge is 2.20. The van der Waals surface area contributed by atoms with E-state index in [1.54, 1.807) is 0 Å². The smallest absolute Gasteiger partial charge is 0.114 e. The predicted molar refractivity (Wildman–Crippen MR) is 64.2 cm³/mol. The van der Waals surface area contributed by atoms with Crippen LogP contribution in [0.5, 0.6) is 0 Å². The van der Waals surface area contributed by atoms with Crippen molar-refractivity contribution in [1.82, 2.24) is 10.6 Å². The number of nitrogens with one attached hydrogen (secondary N) is 2. The molecule has 3 heteroatoms. The Morgan fingerprint density at radius 2 is 2.33 bits per heavy atom. The molecular formula is C12H19N3. The van der Waals surface area contributed by atoms with Gasteiger partial charge in [-0.05, 0) is 26.3 Å². The van der Waals surface area contributed by atoms with E-state index in [0.717, 1.165) is 18.9 Å². The number of hydrogen-bond acceptors (Lipinski definition) is 3. The van der Waals surface area contributed by atoms with Crippen molar-refractivity contribution in [3.63, 3.8) is 0 Å². The Morgan fingerprint density at radius 1 is 1.40 bits per heavy atom. The molecule has 2 N–H and O–H groups in total. The first kappa shape index (κ1) is 10.4. The van der Waals surface area contributed by atoms with Gasteiger partial charge in [0.15, 0.2) is 0 Å². The van der Waals surface area contributed by atoms with E-state index in [0.29, 0.717) is 12.1 Å². The first-order valence-corrected chi connectivity index (χ1v) is 5.74. The third-order valence-corrected chi connectivity index (χ3v) is 2.78. The summed E-state index contributed by atoms with van der Waals surface area (Å²) >= 11 is 0. The molecule has 0 aliphatic carbocycles. The Labute approximate surface area is 91.4 Å². The van der Waals surface area contributed by atoms with Crippen molar-refractivity contribution in [3.8, 4) is 0 Å². The minimum atomic E-state index is 0.355. The fourth-order valence-corrected chi connectivity index (χ4v) is 1.98. The topological polar surface area (TPSA) is 36.4 Å². The normalized spacial score (nSPS) is 31.4. The predicted octanol–water partition coefficient (Wildman–Crippen LogP) is 1.24. The molecule has 0 spiro atoms. The highest BCUT2D eigenvalue weighted by atomic mass is 15.1. The lowest BCUT2D eigenvalue weighted by Gasteiger charge is -2.19. The van der Waals surface area contributed by atoms with Crippen molar-refractivity contribution in [2.45, 2.75) is 31.8 Å². The van der Waals surface area contributed by atoms with Crippen molar-refractivity contribution in [2.75, 3.05) is 13.1 Å². The average molecular weight is 205 g/mol. The SMILES string of the molecule is CC1C=CC=CCN=C(C2CCCN2)N1. The third-order valence-electron chi connectivity index (χ3n) is 2.78. The highest BCUT2D eigenvalue weighted by Crippen LogP contribution is 2.07. The van der Waals surface area contributed by atoms with Crippen LogP contribution in [-0.2, 0) is 0 Å². The van der Waals surface area contributed by atoms with E-state index >= 15 is 0 Å². The summed E-state index contributed by atoms with van der Waals surface area (Å²) in [6.45, 7) is 4.04. The highest BCUT2D eigenvalue weighted by molar-refractivity contribution is 5.88. The van der Waals surface area contributed by atoms with Gasteiger partial charge < -0.3 is 10.6 Å². The van der Waals surface area contributed by atoms with Crippen molar-refractivity contribution >= 4 is 5.84 Å². The molecule has 2 aliphatic heterocycles. The minimum absolute atomic E-state index is 0.355. The van der Waals surface area contributed by atoms with Gasteiger partial charge in [0.05, 0.1) is 12.6 Å². The van der Waals surface area contributed by atoms with E-state index in [1.807, 2.05) is 0 Å². The van der Waals surface area contributed by atoms with Crippen molar-refractivity contribution in [3.05, 3.63) is 24.3 Å². The Balaban J connectivity index is 2.07. The fraction of sp³-hybridized carbons (Fsp3) is 0.583. The Hall–Kier alpha value is -1.09. The molecule has 2 unspecified atom stereocenters. The molecule has 2 rings (SSSR count). The second-order valence-corrected chi connectivity index (χ2v) is 4.12. The molecule has 0 aromatic heterocycles. The number of hydrogen-bond donors (Lipinski definition) is 2. The van der Waals surface area contributed by atoms with Crippen LogP contribution in [0.25, 0.3) is 0 Å². The molecule has 1 saturated heterocycles. The molecule has 0 aromatic rings. The number of nitrogens with zero attached hydrogens (tertiary/aromatic N) is 1. The molecule has 2 heterocycles. The summed E-state index contributed by atoms with van der Waals surface area (Å²) in [5.41, 5.74) is 0. The van der Waals surface area contributed by atoms with Crippen LogP contribution in [0.4, 0.5) is 0 Å². The molecule has 0 radical (unpaired) electrons. The van der Waals surface area contributed by atoms with E-state index in [9.17, 15) is 0 Å². The zero-order chi connectivity index (χ0) is 10.5. The van der Waals surface area contributed by atoms with Gasteiger partial charge in [-0.25, -0.2) is 0 Å². The van der Waals surface area contributed by atoms with Crippen LogP contribution in [0.2, 0.25) is 0 Å². The second-order valence-electron chi connectivity index (χ2n) is 4.12. The summed E-state index contributed by atoms with van der Waals surface area (Å²) < 4.78 is 0. The molecule has 1 fully saturated rings. The Kier molecular flexibility index (Phi) is 3.56. The van der Waals surface area contributed by atoms with Crippen LogP contribution in [0, 0.1) is 0 Å². The van der Waals surface area contributed by atoms with Crippen LogP contribution in [0.15, 0.2) is 29.3 Å². The molecule has 2 aliphatic rings. The first-order chi connectivity index (χ1) is 7.36. The van der Waals surface area contributed by atoms with Gasteiger partial charge in [-0.15, -0.1) is 0 Å². The number of allylic oxidation sites excluding steroid dienone is 2. The van der Waals surface area contributed by atoms with Gasteiger partial charge >= 0.3 is 0 Å². The summed E-state index contributed by atoms with van der Waals surface area (Å²) in [7, 11) is 0. The number of rotatable bonds is 1. The van der Waals surface area contributed by atoms with Crippen molar-refractivity contribution in [2.24, 2.45) is 4.99 Å². The zero-order valence-corrected chi connectivity index (χ0v) is 9.24. The lowest BCUT2D eigenvalue weighted by molar-refractivity contribution is 0.695. The maximum atomic E-state index is 4.59. The first-order valence-electron chi connectivity index (χ1n) is 5.74. The molecule has 2 atom stereocenters. The Bertz CT molecular complexity index is 285. The summed E-state index contributed by atoms with van der Waals surface area (Å²) in [4.78, 5) is 4.59. The largest absolute Gasteiger partial charge is 0.367 e. The van der Waals surface area contributed by atoms with E-state index in [2.05, 4.69) is 46.9 Å². The van der Waals surface area contributed by atoms with Gasteiger partial charge in [0.1, 0.15) is 5.84 Å². The van der Waals surface area contributed by atoms with Crippen LogP contribution in [-0.4, -0.2) is 31.0 Å². The summed E-state index contributed by atoms with van der Waals surface area (Å²) in [5, 5.41) is 6.94. The van der Waals surface area contributed by atoms with E-state index in [1.165, 1.54) is 12.8 Å². The number of aliphatic imine (C=N–C) groups is 1. The quantitative estimate of drug-likeness (QED) is 0.676. The third kappa shape index (κ3) is 2.93. The molecule has 3 nitrogen and oxygen atoms in total. The summed E-state index contributed by atoms with van der Waals surface area (Å²) in [6.07, 6.45) is 10.8. The standard InChI is InChI=1S/C12H19N3/c1-10-6-3-2-4-8-14-12(15-10)11-7-5-9-13-11/h2-4,6,10-11,13H,5,7-9H2,1H3,(H,14,15). The zero-order valence-electron chi connectivity index (χ0n) is 9.24. The molecular weight excluding hydrogens is 186 g/mol. The van der Waals surface area contributed by atoms with E-state index in [-0.39, 0.29) is 0 Å². The lowest BCUT2D eigenvalue weighted by atomic mass is 10.2. The van der Waals surface area contributed by atoms with Crippen molar-refractivity contribution < 1.29 is 0 Å². The lowest BCUT2D eigenvalue weighted by Crippen LogP contribution is -2.44.